The molecule has 1 aliphatic heterocycles. The Morgan fingerprint density at radius 1 is 1.20 bits per heavy atom. The fourth-order valence-corrected chi connectivity index (χ4v) is 5.58. The second kappa shape index (κ2) is 8.34. The summed E-state index contributed by atoms with van der Waals surface area (Å²) in [5.41, 5.74) is 1.98. The molecule has 0 unspecified atom stereocenters. The number of benzene rings is 2. The van der Waals surface area contributed by atoms with E-state index in [0.29, 0.717) is 35.6 Å². The largest absolute Gasteiger partial charge is 0.326 e. The molecule has 0 radical (unpaired) electrons. The number of rotatable bonds is 4. The zero-order valence-corrected chi connectivity index (χ0v) is 18.1. The number of aryl methyl sites for hydroxylation is 1. The van der Waals surface area contributed by atoms with E-state index in [0.717, 1.165) is 10.9 Å². The highest BCUT2D eigenvalue weighted by Crippen LogP contribution is 2.29. The summed E-state index contributed by atoms with van der Waals surface area (Å²) < 4.78 is 28.1. The van der Waals surface area contributed by atoms with E-state index in [1.165, 1.54) is 4.31 Å². The number of hydrogen-bond donors (Lipinski definition) is 1. The molecule has 0 bridgehead atoms. The van der Waals surface area contributed by atoms with E-state index in [1.54, 1.807) is 36.5 Å². The van der Waals surface area contributed by atoms with Gasteiger partial charge in [-0.05, 0) is 49.6 Å². The number of nitrogens with zero attached hydrogens (tertiary/aromatic N) is 2. The maximum absolute atomic E-state index is 13.3. The van der Waals surface area contributed by atoms with E-state index >= 15 is 0 Å². The molecule has 2 aromatic carbocycles. The molecule has 1 aliphatic rings. The topological polar surface area (TPSA) is 79.4 Å². The predicted molar refractivity (Wildman–Crippen MR) is 118 cm³/mol. The minimum absolute atomic E-state index is 0.136. The van der Waals surface area contributed by atoms with Crippen molar-refractivity contribution >= 4 is 44.1 Å². The van der Waals surface area contributed by atoms with Crippen LogP contribution in [-0.2, 0) is 14.8 Å². The molecule has 1 amide bonds. The summed E-state index contributed by atoms with van der Waals surface area (Å²) in [5, 5.41) is 4.20. The Bertz CT molecular complexity index is 1210. The summed E-state index contributed by atoms with van der Waals surface area (Å²) in [4.78, 5) is 17.2. The van der Waals surface area contributed by atoms with Crippen molar-refractivity contribution in [2.75, 3.05) is 18.4 Å². The molecule has 1 aromatic heterocycles. The zero-order chi connectivity index (χ0) is 21.3. The van der Waals surface area contributed by atoms with Gasteiger partial charge in [0, 0.05) is 35.4 Å². The number of aromatic nitrogens is 1. The molecule has 6 nitrogen and oxygen atoms in total. The van der Waals surface area contributed by atoms with E-state index in [2.05, 4.69) is 10.3 Å². The number of carbonyl (C=O) groups is 1. The second-order valence-electron chi connectivity index (χ2n) is 7.49. The lowest BCUT2D eigenvalue weighted by Gasteiger charge is -2.31. The smallest absolute Gasteiger partial charge is 0.245 e. The molecule has 2 heterocycles. The summed E-state index contributed by atoms with van der Waals surface area (Å²) in [6.45, 7) is 2.41. The Hall–Kier alpha value is -2.48. The molecule has 0 saturated carbocycles. The number of hydrogen-bond acceptors (Lipinski definition) is 4. The first-order chi connectivity index (χ1) is 14.4. The third-order valence-corrected chi connectivity index (χ3v) is 7.71. The van der Waals surface area contributed by atoms with Gasteiger partial charge in [0.1, 0.15) is 4.90 Å². The maximum Gasteiger partial charge on any atom is 0.245 e. The average molecular weight is 444 g/mol. The summed E-state index contributed by atoms with van der Waals surface area (Å²) >= 11 is 6.14. The van der Waals surface area contributed by atoms with E-state index in [-0.39, 0.29) is 17.3 Å². The lowest BCUT2D eigenvalue weighted by Crippen LogP contribution is -2.43. The Kier molecular flexibility index (Phi) is 5.77. The molecule has 1 saturated heterocycles. The summed E-state index contributed by atoms with van der Waals surface area (Å²) in [7, 11) is -3.77. The van der Waals surface area contributed by atoms with E-state index < -0.39 is 15.9 Å². The van der Waals surface area contributed by atoms with Gasteiger partial charge in [0.15, 0.2) is 0 Å². The molecule has 1 N–H and O–H groups in total. The van der Waals surface area contributed by atoms with Gasteiger partial charge in [-0.2, -0.15) is 4.31 Å². The fraction of sp³-hybridized carbons (Fsp3) is 0.273. The molecule has 0 spiro atoms. The number of para-hydroxylation sites is 1. The quantitative estimate of drug-likeness (QED) is 0.654. The molecule has 4 rings (SSSR count). The van der Waals surface area contributed by atoms with Crippen molar-refractivity contribution in [1.29, 1.82) is 0 Å². The SMILES string of the molecule is Cc1ccc(NC(=O)[C@@H]2CCCN(S(=O)(=O)c3cccc4cccnc34)C2)cc1Cl. The normalized spacial score (nSPS) is 17.7. The Balaban J connectivity index is 1.55. The Morgan fingerprint density at radius 2 is 2.00 bits per heavy atom. The standard InChI is InChI=1S/C22H22ClN3O3S/c1-15-9-10-18(13-19(15)23)25-22(27)17-7-4-12-26(14-17)30(28,29)20-8-2-5-16-6-3-11-24-21(16)20/h2-3,5-6,8-11,13,17H,4,7,12,14H2,1H3,(H,25,27)/t17-/m1/s1. The van der Waals surface area contributed by atoms with Crippen molar-refractivity contribution in [3.8, 4) is 0 Å². The van der Waals surface area contributed by atoms with E-state index in [9.17, 15) is 13.2 Å². The molecule has 0 aliphatic carbocycles. The molecular formula is C22H22ClN3O3S. The van der Waals surface area contributed by atoms with Crippen LogP contribution < -0.4 is 5.32 Å². The van der Waals surface area contributed by atoms with Gasteiger partial charge in [-0.3, -0.25) is 9.78 Å². The van der Waals surface area contributed by atoms with Crippen molar-refractivity contribution < 1.29 is 13.2 Å². The van der Waals surface area contributed by atoms with Gasteiger partial charge in [-0.1, -0.05) is 35.9 Å². The maximum atomic E-state index is 13.3. The summed E-state index contributed by atoms with van der Waals surface area (Å²) in [6.07, 6.45) is 2.83. The number of anilines is 1. The molecule has 1 fully saturated rings. The number of fused-ring (bicyclic) bond motifs is 1. The van der Waals surface area contributed by atoms with Crippen LogP contribution in [0.15, 0.2) is 59.6 Å². The van der Waals surface area contributed by atoms with Crippen LogP contribution in [0, 0.1) is 12.8 Å². The highest BCUT2D eigenvalue weighted by molar-refractivity contribution is 7.89. The number of nitrogens with one attached hydrogen (secondary N) is 1. The number of piperidine rings is 1. The van der Waals surface area contributed by atoms with Gasteiger partial charge in [0.25, 0.3) is 0 Å². The van der Waals surface area contributed by atoms with Crippen molar-refractivity contribution in [2.24, 2.45) is 5.92 Å². The first-order valence-electron chi connectivity index (χ1n) is 9.77. The van der Waals surface area contributed by atoms with Gasteiger partial charge < -0.3 is 5.32 Å². The van der Waals surface area contributed by atoms with Gasteiger partial charge in [0.2, 0.25) is 15.9 Å². The van der Waals surface area contributed by atoms with Gasteiger partial charge in [-0.25, -0.2) is 8.42 Å². The second-order valence-corrected chi connectivity index (χ2v) is 9.80. The van der Waals surface area contributed by atoms with Crippen LogP contribution in [0.5, 0.6) is 0 Å². The van der Waals surface area contributed by atoms with Crippen LogP contribution in [0.4, 0.5) is 5.69 Å². The van der Waals surface area contributed by atoms with Crippen LogP contribution in [0.2, 0.25) is 5.02 Å². The van der Waals surface area contributed by atoms with Crippen LogP contribution in [0.1, 0.15) is 18.4 Å². The summed E-state index contributed by atoms with van der Waals surface area (Å²) in [5.74, 6) is -0.637. The molecular weight excluding hydrogens is 422 g/mol. The van der Waals surface area contributed by atoms with Crippen molar-refractivity contribution in [3.05, 3.63) is 65.3 Å². The zero-order valence-electron chi connectivity index (χ0n) is 16.5. The monoisotopic (exact) mass is 443 g/mol. The molecule has 3 aromatic rings. The lowest BCUT2D eigenvalue weighted by atomic mass is 9.98. The van der Waals surface area contributed by atoms with E-state index in [4.69, 9.17) is 11.6 Å². The fourth-order valence-electron chi connectivity index (χ4n) is 3.71. The lowest BCUT2D eigenvalue weighted by molar-refractivity contribution is -0.120. The Morgan fingerprint density at radius 3 is 2.80 bits per heavy atom. The average Bonchev–Trinajstić information content (AvgIpc) is 2.76. The van der Waals surface area contributed by atoms with Crippen molar-refractivity contribution in [1.82, 2.24) is 9.29 Å². The molecule has 30 heavy (non-hydrogen) atoms. The number of carbonyl (C=O) groups excluding carboxylic acids is 1. The third-order valence-electron chi connectivity index (χ3n) is 5.41. The van der Waals surface area contributed by atoms with Crippen LogP contribution in [0.3, 0.4) is 0 Å². The van der Waals surface area contributed by atoms with Gasteiger partial charge in [0.05, 0.1) is 11.4 Å². The number of sulfonamides is 1. The molecule has 1 atom stereocenters. The number of pyridine rings is 1. The molecule has 156 valence electrons. The summed E-state index contributed by atoms with van der Waals surface area (Å²) in [6, 6.07) is 14.1. The number of amides is 1. The minimum Gasteiger partial charge on any atom is -0.326 e. The highest BCUT2D eigenvalue weighted by atomic mass is 35.5. The first kappa shape index (κ1) is 20.8. The third kappa shape index (κ3) is 4.05. The van der Waals surface area contributed by atoms with Gasteiger partial charge in [-0.15, -0.1) is 0 Å². The van der Waals surface area contributed by atoms with Crippen LogP contribution >= 0.6 is 11.6 Å². The first-order valence-corrected chi connectivity index (χ1v) is 11.6. The van der Waals surface area contributed by atoms with Gasteiger partial charge >= 0.3 is 0 Å². The predicted octanol–water partition coefficient (Wildman–Crippen LogP) is 4.24. The highest BCUT2D eigenvalue weighted by Gasteiger charge is 2.34. The molecule has 8 heteroatoms. The van der Waals surface area contributed by atoms with Crippen molar-refractivity contribution in [3.63, 3.8) is 0 Å². The number of halogens is 1. The van der Waals surface area contributed by atoms with Crippen LogP contribution in [0.25, 0.3) is 10.9 Å². The van der Waals surface area contributed by atoms with Crippen molar-refractivity contribution in [2.45, 2.75) is 24.7 Å². The Labute approximate surface area is 180 Å². The minimum atomic E-state index is -3.77. The van der Waals surface area contributed by atoms with Crippen LogP contribution in [-0.4, -0.2) is 36.7 Å². The van der Waals surface area contributed by atoms with E-state index in [1.807, 2.05) is 25.1 Å².